The van der Waals surface area contributed by atoms with E-state index in [9.17, 15) is 9.90 Å². The summed E-state index contributed by atoms with van der Waals surface area (Å²) in [5, 5.41) is 18.3. The number of rotatable bonds is 6. The van der Waals surface area contributed by atoms with Gasteiger partial charge in [0, 0.05) is 24.9 Å². The van der Waals surface area contributed by atoms with Crippen molar-refractivity contribution >= 4 is 5.97 Å². The fourth-order valence-corrected chi connectivity index (χ4v) is 3.81. The van der Waals surface area contributed by atoms with Crippen LogP contribution < -0.4 is 0 Å². The molecule has 23 heavy (non-hydrogen) atoms. The molecule has 3 heteroatoms. The molecule has 0 atom stereocenters. The van der Waals surface area contributed by atoms with Crippen molar-refractivity contribution in [3.05, 3.63) is 70.8 Å². The molecule has 0 amide bonds. The van der Waals surface area contributed by atoms with Crippen LogP contribution in [0, 0.1) is 0 Å². The molecule has 0 spiro atoms. The topological polar surface area (TPSA) is 57.5 Å². The highest BCUT2D eigenvalue weighted by Crippen LogP contribution is 2.46. The fraction of sp³-hybridized carbons (Fsp3) is 0.350. The maximum Gasteiger partial charge on any atom is 0.303 e. The number of aliphatic hydroxyl groups excluding tert-OH is 1. The average Bonchev–Trinajstić information content (AvgIpc) is 2.57. The van der Waals surface area contributed by atoms with Crippen LogP contribution in [0.15, 0.2) is 48.5 Å². The maximum absolute atomic E-state index is 11.0. The highest BCUT2D eigenvalue weighted by Gasteiger charge is 2.31. The molecule has 0 saturated heterocycles. The minimum atomic E-state index is -0.748. The first kappa shape index (κ1) is 15.8. The van der Waals surface area contributed by atoms with Crippen molar-refractivity contribution in [2.45, 2.75) is 37.5 Å². The van der Waals surface area contributed by atoms with E-state index >= 15 is 0 Å². The molecule has 0 fully saturated rings. The molecule has 0 unspecified atom stereocenters. The molecule has 0 bridgehead atoms. The predicted molar refractivity (Wildman–Crippen MR) is 89.8 cm³/mol. The van der Waals surface area contributed by atoms with Crippen molar-refractivity contribution in [3.8, 4) is 0 Å². The van der Waals surface area contributed by atoms with E-state index in [4.69, 9.17) is 5.11 Å². The third-order valence-electron chi connectivity index (χ3n) is 4.79. The van der Waals surface area contributed by atoms with Crippen molar-refractivity contribution in [1.82, 2.24) is 0 Å². The second kappa shape index (κ2) is 6.97. The molecule has 0 heterocycles. The van der Waals surface area contributed by atoms with Crippen LogP contribution in [0.2, 0.25) is 0 Å². The Labute approximate surface area is 136 Å². The molecular weight excluding hydrogens is 288 g/mol. The van der Waals surface area contributed by atoms with E-state index in [1.807, 2.05) is 24.3 Å². The quantitative estimate of drug-likeness (QED) is 0.850. The molecule has 2 aromatic carbocycles. The van der Waals surface area contributed by atoms with Gasteiger partial charge in [-0.25, -0.2) is 0 Å². The predicted octanol–water partition coefficient (Wildman–Crippen LogP) is 3.90. The summed E-state index contributed by atoms with van der Waals surface area (Å²) in [6.45, 7) is 0.198. The minimum Gasteiger partial charge on any atom is -0.481 e. The second-order valence-corrected chi connectivity index (χ2v) is 6.16. The Morgan fingerprint density at radius 3 is 1.65 bits per heavy atom. The summed E-state index contributed by atoms with van der Waals surface area (Å²) in [5.74, 6) is -0.318. The summed E-state index contributed by atoms with van der Waals surface area (Å²) in [6.07, 6.45) is 2.48. The highest BCUT2D eigenvalue weighted by molar-refractivity contribution is 5.67. The van der Waals surface area contributed by atoms with Crippen LogP contribution >= 0.6 is 0 Å². The number of hydrogen-bond acceptors (Lipinski definition) is 2. The molecule has 1 aliphatic rings. The van der Waals surface area contributed by atoms with Crippen LogP contribution in [-0.4, -0.2) is 22.8 Å². The number of benzene rings is 2. The van der Waals surface area contributed by atoms with Crippen LogP contribution in [0.4, 0.5) is 0 Å². The lowest BCUT2D eigenvalue weighted by atomic mass is 9.70. The number of fused-ring (bicyclic) bond motifs is 2. The zero-order chi connectivity index (χ0) is 16.2. The van der Waals surface area contributed by atoms with Gasteiger partial charge in [0.25, 0.3) is 0 Å². The van der Waals surface area contributed by atoms with Gasteiger partial charge in [0.05, 0.1) is 0 Å². The first-order valence-electron chi connectivity index (χ1n) is 8.22. The fourth-order valence-electron chi connectivity index (χ4n) is 3.81. The van der Waals surface area contributed by atoms with Crippen LogP contribution in [-0.2, 0) is 4.79 Å². The molecule has 0 saturated carbocycles. The number of aliphatic carboxylic acids is 1. The van der Waals surface area contributed by atoms with Gasteiger partial charge in [-0.15, -0.1) is 0 Å². The van der Waals surface area contributed by atoms with Gasteiger partial charge in [-0.1, -0.05) is 48.5 Å². The third kappa shape index (κ3) is 3.15. The Morgan fingerprint density at radius 1 is 0.826 bits per heavy atom. The van der Waals surface area contributed by atoms with E-state index < -0.39 is 5.97 Å². The zero-order valence-electron chi connectivity index (χ0n) is 13.1. The van der Waals surface area contributed by atoms with E-state index in [1.54, 1.807) is 0 Å². The van der Waals surface area contributed by atoms with E-state index in [2.05, 4.69) is 24.3 Å². The molecule has 0 radical (unpaired) electrons. The third-order valence-corrected chi connectivity index (χ3v) is 4.79. The lowest BCUT2D eigenvalue weighted by Gasteiger charge is -2.34. The van der Waals surface area contributed by atoms with Gasteiger partial charge < -0.3 is 10.2 Å². The van der Waals surface area contributed by atoms with Gasteiger partial charge in [0.2, 0.25) is 0 Å². The smallest absolute Gasteiger partial charge is 0.303 e. The summed E-state index contributed by atoms with van der Waals surface area (Å²) in [6, 6.07) is 16.7. The van der Waals surface area contributed by atoms with E-state index in [-0.39, 0.29) is 24.9 Å². The van der Waals surface area contributed by atoms with E-state index in [0.717, 1.165) is 12.8 Å². The van der Waals surface area contributed by atoms with Gasteiger partial charge in [0.1, 0.15) is 0 Å². The van der Waals surface area contributed by atoms with Crippen molar-refractivity contribution in [3.63, 3.8) is 0 Å². The van der Waals surface area contributed by atoms with Gasteiger partial charge in [0.15, 0.2) is 0 Å². The Kier molecular flexibility index (Phi) is 4.77. The Bertz CT molecular complexity index is 645. The number of hydrogen-bond donors (Lipinski definition) is 2. The van der Waals surface area contributed by atoms with Gasteiger partial charge >= 0.3 is 5.97 Å². The molecule has 2 aromatic rings. The van der Waals surface area contributed by atoms with Crippen LogP contribution in [0.3, 0.4) is 0 Å². The lowest BCUT2D eigenvalue weighted by Crippen LogP contribution is -2.19. The highest BCUT2D eigenvalue weighted by atomic mass is 16.4. The lowest BCUT2D eigenvalue weighted by molar-refractivity contribution is -0.137. The minimum absolute atomic E-state index is 0.142. The number of aliphatic hydroxyl groups is 1. The molecule has 2 N–H and O–H groups in total. The standard InChI is InChI=1S/C20H22O3/c21-13-5-10-18-14-6-1-3-8-16(14)19(11-12-20(22)23)17-9-4-2-7-15(17)18/h1-4,6-9,18-19,21H,5,10-13H2,(H,22,23). The summed E-state index contributed by atoms with van der Waals surface area (Å²) >= 11 is 0. The summed E-state index contributed by atoms with van der Waals surface area (Å²) in [7, 11) is 0. The van der Waals surface area contributed by atoms with Crippen molar-refractivity contribution in [1.29, 1.82) is 0 Å². The molecule has 3 nitrogen and oxygen atoms in total. The summed E-state index contributed by atoms with van der Waals surface area (Å²) in [5.41, 5.74) is 5.07. The molecular formula is C20H22O3. The normalized spacial score (nSPS) is 19.0. The maximum atomic E-state index is 11.0. The molecule has 3 rings (SSSR count). The first-order valence-corrected chi connectivity index (χ1v) is 8.22. The summed E-state index contributed by atoms with van der Waals surface area (Å²) < 4.78 is 0. The average molecular weight is 310 g/mol. The monoisotopic (exact) mass is 310 g/mol. The Morgan fingerprint density at radius 2 is 1.26 bits per heavy atom. The number of carboxylic acids is 1. The Hall–Kier alpha value is -2.13. The first-order chi connectivity index (χ1) is 11.2. The largest absolute Gasteiger partial charge is 0.481 e. The number of carbonyl (C=O) groups is 1. The van der Waals surface area contributed by atoms with Crippen molar-refractivity contribution < 1.29 is 15.0 Å². The molecule has 0 aromatic heterocycles. The number of carboxylic acid groups (broad SMARTS) is 1. The van der Waals surface area contributed by atoms with Crippen LogP contribution in [0.25, 0.3) is 0 Å². The van der Waals surface area contributed by atoms with Gasteiger partial charge in [-0.2, -0.15) is 0 Å². The van der Waals surface area contributed by atoms with Gasteiger partial charge in [-0.05, 0) is 41.5 Å². The van der Waals surface area contributed by atoms with E-state index in [1.165, 1.54) is 22.3 Å². The van der Waals surface area contributed by atoms with Crippen LogP contribution in [0.5, 0.6) is 0 Å². The molecule has 0 aliphatic heterocycles. The van der Waals surface area contributed by atoms with Crippen molar-refractivity contribution in [2.24, 2.45) is 0 Å². The molecule has 1 aliphatic carbocycles. The van der Waals surface area contributed by atoms with Crippen LogP contribution in [0.1, 0.15) is 59.8 Å². The Balaban J connectivity index is 2.05. The SMILES string of the molecule is O=C(O)CCC1c2ccccc2C(CCCO)c2ccccc21. The van der Waals surface area contributed by atoms with Gasteiger partial charge in [-0.3, -0.25) is 4.79 Å². The summed E-state index contributed by atoms with van der Waals surface area (Å²) in [4.78, 5) is 11.0. The second-order valence-electron chi connectivity index (χ2n) is 6.16. The van der Waals surface area contributed by atoms with Crippen molar-refractivity contribution in [2.75, 3.05) is 6.61 Å². The molecule has 120 valence electrons. The zero-order valence-corrected chi connectivity index (χ0v) is 13.1. The van der Waals surface area contributed by atoms with E-state index in [0.29, 0.717) is 6.42 Å².